The summed E-state index contributed by atoms with van der Waals surface area (Å²) in [4.78, 5) is 13.0. The Morgan fingerprint density at radius 2 is 1.69 bits per heavy atom. The molecule has 1 aromatic heterocycles. The summed E-state index contributed by atoms with van der Waals surface area (Å²) in [6.45, 7) is 0. The second kappa shape index (κ2) is 10.3. The molecule has 170 valence electrons. The third-order valence-corrected chi connectivity index (χ3v) is 5.53. The standard InChI is InChI=1S/C22H25N3O6S/c1-28-16-6-5-12(7-15(16)25-20(27)10-19(23)26)22-14(11-24-32-22)13-8-17(29-2)21(31-4)18(9-13)30-3/h5-9,11,19,26H,10,23H2,1-4H3,(H,25,27). The van der Waals surface area contributed by atoms with E-state index in [1.165, 1.54) is 18.6 Å². The number of aliphatic hydroxyl groups excluding tert-OH is 1. The first-order valence-corrected chi connectivity index (χ1v) is 10.4. The number of carbonyl (C=O) groups is 1. The van der Waals surface area contributed by atoms with Crippen LogP contribution in [0.5, 0.6) is 23.0 Å². The highest BCUT2D eigenvalue weighted by atomic mass is 32.1. The van der Waals surface area contributed by atoms with Crippen LogP contribution in [0.15, 0.2) is 36.5 Å². The fourth-order valence-corrected chi connectivity index (χ4v) is 3.99. The summed E-state index contributed by atoms with van der Waals surface area (Å²) in [5.41, 5.74) is 8.27. The first kappa shape index (κ1) is 23.3. The van der Waals surface area contributed by atoms with E-state index in [9.17, 15) is 9.90 Å². The maximum Gasteiger partial charge on any atom is 0.228 e. The molecule has 2 aromatic carbocycles. The number of amides is 1. The van der Waals surface area contributed by atoms with Crippen LogP contribution in [-0.2, 0) is 4.79 Å². The van der Waals surface area contributed by atoms with Crippen molar-refractivity contribution in [3.05, 3.63) is 36.5 Å². The van der Waals surface area contributed by atoms with Crippen molar-refractivity contribution >= 4 is 23.1 Å². The minimum absolute atomic E-state index is 0.232. The number of methoxy groups -OCH3 is 4. The molecule has 1 atom stereocenters. The molecule has 3 aromatic rings. The van der Waals surface area contributed by atoms with Crippen LogP contribution in [0.2, 0.25) is 0 Å². The third kappa shape index (κ3) is 4.93. The van der Waals surface area contributed by atoms with E-state index >= 15 is 0 Å². The van der Waals surface area contributed by atoms with Crippen molar-refractivity contribution in [3.8, 4) is 44.6 Å². The summed E-state index contributed by atoms with van der Waals surface area (Å²) in [7, 11) is 6.18. The first-order valence-electron chi connectivity index (χ1n) is 9.58. The number of nitrogens with one attached hydrogen (secondary N) is 1. The number of hydrogen-bond donors (Lipinski definition) is 3. The van der Waals surface area contributed by atoms with Crippen molar-refractivity contribution in [2.45, 2.75) is 12.6 Å². The van der Waals surface area contributed by atoms with E-state index in [0.29, 0.717) is 28.7 Å². The minimum Gasteiger partial charge on any atom is -0.495 e. The minimum atomic E-state index is -1.24. The van der Waals surface area contributed by atoms with Crippen LogP contribution < -0.4 is 30.0 Å². The van der Waals surface area contributed by atoms with Gasteiger partial charge in [0.25, 0.3) is 0 Å². The smallest absolute Gasteiger partial charge is 0.228 e. The topological polar surface area (TPSA) is 125 Å². The van der Waals surface area contributed by atoms with Crippen molar-refractivity contribution in [2.24, 2.45) is 5.73 Å². The largest absolute Gasteiger partial charge is 0.495 e. The van der Waals surface area contributed by atoms with Gasteiger partial charge in [0.05, 0.1) is 45.4 Å². The Bertz CT molecular complexity index is 1070. The monoisotopic (exact) mass is 459 g/mol. The van der Waals surface area contributed by atoms with Gasteiger partial charge in [0.2, 0.25) is 11.7 Å². The molecule has 0 fully saturated rings. The fraction of sp³-hybridized carbons (Fsp3) is 0.273. The van der Waals surface area contributed by atoms with Gasteiger partial charge in [-0.2, -0.15) is 4.37 Å². The SMILES string of the molecule is COc1ccc(-c2sncc2-c2cc(OC)c(OC)c(OC)c2)cc1NC(=O)CC(N)O. The zero-order valence-electron chi connectivity index (χ0n) is 18.2. The van der Waals surface area contributed by atoms with Crippen LogP contribution in [-0.4, -0.2) is 50.1 Å². The molecule has 10 heteroatoms. The number of rotatable bonds is 9. The fourth-order valence-electron chi connectivity index (χ4n) is 3.23. The maximum atomic E-state index is 12.1. The van der Waals surface area contributed by atoms with Crippen molar-refractivity contribution in [3.63, 3.8) is 0 Å². The zero-order chi connectivity index (χ0) is 23.3. The van der Waals surface area contributed by atoms with E-state index in [1.807, 2.05) is 18.2 Å². The molecule has 0 bridgehead atoms. The van der Waals surface area contributed by atoms with Gasteiger partial charge in [-0.05, 0) is 53.0 Å². The normalized spacial score (nSPS) is 11.6. The summed E-state index contributed by atoms with van der Waals surface area (Å²) >= 11 is 1.31. The van der Waals surface area contributed by atoms with Crippen LogP contribution in [0, 0.1) is 0 Å². The molecule has 32 heavy (non-hydrogen) atoms. The van der Waals surface area contributed by atoms with Gasteiger partial charge in [0.1, 0.15) is 12.0 Å². The summed E-state index contributed by atoms with van der Waals surface area (Å²) in [5, 5.41) is 12.0. The molecule has 0 aliphatic carbocycles. The predicted octanol–water partition coefficient (Wildman–Crippen LogP) is 3.12. The second-order valence-electron chi connectivity index (χ2n) is 6.72. The second-order valence-corrected chi connectivity index (χ2v) is 7.52. The number of anilines is 1. The van der Waals surface area contributed by atoms with Crippen LogP contribution in [0.1, 0.15) is 6.42 Å². The summed E-state index contributed by atoms with van der Waals surface area (Å²) < 4.78 is 26.1. The van der Waals surface area contributed by atoms with E-state index in [4.69, 9.17) is 24.7 Å². The number of ether oxygens (including phenoxy) is 4. The Morgan fingerprint density at radius 3 is 2.25 bits per heavy atom. The van der Waals surface area contributed by atoms with Gasteiger partial charge >= 0.3 is 0 Å². The average molecular weight is 460 g/mol. The molecule has 1 heterocycles. The van der Waals surface area contributed by atoms with Gasteiger partial charge in [-0.1, -0.05) is 0 Å². The molecular formula is C22H25N3O6S. The Kier molecular flexibility index (Phi) is 7.52. The zero-order valence-corrected chi connectivity index (χ0v) is 19.0. The summed E-state index contributed by atoms with van der Waals surface area (Å²) in [6.07, 6.45) is 0.288. The van der Waals surface area contributed by atoms with E-state index in [2.05, 4.69) is 9.69 Å². The maximum absolute atomic E-state index is 12.1. The molecule has 9 nitrogen and oxygen atoms in total. The van der Waals surface area contributed by atoms with Gasteiger partial charge < -0.3 is 35.1 Å². The lowest BCUT2D eigenvalue weighted by molar-refractivity contribution is -0.117. The average Bonchev–Trinajstić information content (AvgIpc) is 3.27. The molecule has 0 spiro atoms. The highest BCUT2D eigenvalue weighted by molar-refractivity contribution is 7.10. The number of aliphatic hydroxyl groups is 1. The van der Waals surface area contributed by atoms with Gasteiger partial charge in [-0.3, -0.25) is 4.79 Å². The van der Waals surface area contributed by atoms with E-state index in [1.54, 1.807) is 39.7 Å². The van der Waals surface area contributed by atoms with Gasteiger partial charge in [0, 0.05) is 11.8 Å². The molecule has 0 aliphatic heterocycles. The highest BCUT2D eigenvalue weighted by Crippen LogP contribution is 2.45. The van der Waals surface area contributed by atoms with Crippen molar-refractivity contribution in [1.82, 2.24) is 4.37 Å². The molecule has 1 amide bonds. The molecule has 0 saturated carbocycles. The quantitative estimate of drug-likeness (QED) is 0.417. The lowest BCUT2D eigenvalue weighted by atomic mass is 10.0. The van der Waals surface area contributed by atoms with Crippen LogP contribution >= 0.6 is 11.5 Å². The Labute approximate surface area is 189 Å². The Balaban J connectivity index is 2.05. The number of nitrogens with two attached hydrogens (primary N) is 1. The van der Waals surface area contributed by atoms with E-state index < -0.39 is 12.1 Å². The molecule has 1 unspecified atom stereocenters. The lowest BCUT2D eigenvalue weighted by Crippen LogP contribution is -2.26. The first-order chi connectivity index (χ1) is 15.4. The van der Waals surface area contributed by atoms with E-state index in [-0.39, 0.29) is 6.42 Å². The number of nitrogens with zero attached hydrogens (tertiary/aromatic N) is 1. The molecular weight excluding hydrogens is 434 g/mol. The lowest BCUT2D eigenvalue weighted by Gasteiger charge is -2.15. The number of hydrogen-bond acceptors (Lipinski definition) is 9. The van der Waals surface area contributed by atoms with E-state index in [0.717, 1.165) is 21.6 Å². The Hall–Kier alpha value is -3.34. The number of benzene rings is 2. The molecule has 3 rings (SSSR count). The van der Waals surface area contributed by atoms with Crippen molar-refractivity contribution < 1.29 is 28.8 Å². The molecule has 0 radical (unpaired) electrons. The Morgan fingerprint density at radius 1 is 1.03 bits per heavy atom. The molecule has 0 saturated heterocycles. The van der Waals surface area contributed by atoms with Crippen LogP contribution in [0.4, 0.5) is 5.69 Å². The highest BCUT2D eigenvalue weighted by Gasteiger charge is 2.19. The third-order valence-electron chi connectivity index (χ3n) is 4.68. The molecule has 0 aliphatic rings. The predicted molar refractivity (Wildman–Crippen MR) is 123 cm³/mol. The van der Waals surface area contributed by atoms with Crippen molar-refractivity contribution in [1.29, 1.82) is 0 Å². The number of carbonyl (C=O) groups excluding carboxylic acids is 1. The van der Waals surface area contributed by atoms with Gasteiger partial charge in [-0.25, -0.2) is 0 Å². The van der Waals surface area contributed by atoms with Crippen molar-refractivity contribution in [2.75, 3.05) is 33.8 Å². The van der Waals surface area contributed by atoms with Crippen LogP contribution in [0.25, 0.3) is 21.6 Å². The van der Waals surface area contributed by atoms with Gasteiger partial charge in [0.15, 0.2) is 11.5 Å². The van der Waals surface area contributed by atoms with Gasteiger partial charge in [-0.15, -0.1) is 0 Å². The van der Waals surface area contributed by atoms with Crippen LogP contribution in [0.3, 0.4) is 0 Å². The summed E-state index contributed by atoms with van der Waals surface area (Å²) in [6, 6.07) is 9.12. The number of aromatic nitrogens is 1. The molecule has 4 N–H and O–H groups in total. The summed E-state index contributed by atoms with van der Waals surface area (Å²) in [5.74, 6) is 1.61.